The summed E-state index contributed by atoms with van der Waals surface area (Å²) in [6, 6.07) is 68.6. The lowest BCUT2D eigenvalue weighted by molar-refractivity contribution is 0.769. The minimum Gasteiger partial charge on any atom is -0.264 e. The normalized spacial score (nSPS) is 12.5. The molecule has 4 heteroatoms. The van der Waals surface area contributed by atoms with Crippen LogP contribution in [0.2, 0.25) is 0 Å². The Morgan fingerprint density at radius 3 is 1.36 bits per heavy atom. The van der Waals surface area contributed by atoms with Crippen LogP contribution in [0.5, 0.6) is 0 Å². The van der Waals surface area contributed by atoms with Crippen molar-refractivity contribution in [2.45, 2.75) is 5.41 Å². The van der Waals surface area contributed by atoms with E-state index in [9.17, 15) is 0 Å². The number of rotatable bonds is 7. The van der Waals surface area contributed by atoms with Gasteiger partial charge < -0.3 is 0 Å². The first-order valence-corrected chi connectivity index (χ1v) is 18.5. The van der Waals surface area contributed by atoms with Crippen LogP contribution < -0.4 is 0 Å². The lowest BCUT2D eigenvalue weighted by Gasteiger charge is -2.34. The lowest BCUT2D eigenvalue weighted by Crippen LogP contribution is -2.28. The van der Waals surface area contributed by atoms with Crippen molar-refractivity contribution >= 4 is 0 Å². The zero-order valence-electron chi connectivity index (χ0n) is 29.9. The molecule has 7 aromatic carbocycles. The molecular weight excluding hydrogens is 669 g/mol. The number of hydrogen-bond acceptors (Lipinski definition) is 4. The molecule has 0 atom stereocenters. The quantitative estimate of drug-likeness (QED) is 0.166. The van der Waals surface area contributed by atoms with Crippen molar-refractivity contribution in [2.75, 3.05) is 0 Å². The number of pyridine rings is 1. The fraction of sp³-hybridized carbons (Fsp3) is 0.0196. The zero-order chi connectivity index (χ0) is 36.6. The number of nitrogens with zero attached hydrogens (tertiary/aromatic N) is 4. The lowest BCUT2D eigenvalue weighted by atomic mass is 9.67. The Balaban J connectivity index is 1.22. The van der Waals surface area contributed by atoms with E-state index >= 15 is 0 Å². The van der Waals surface area contributed by atoms with Gasteiger partial charge in [0.25, 0.3) is 0 Å². The summed E-state index contributed by atoms with van der Waals surface area (Å²) in [6.45, 7) is 0. The fourth-order valence-electron chi connectivity index (χ4n) is 8.19. The van der Waals surface area contributed by atoms with Crippen molar-refractivity contribution in [1.29, 1.82) is 0 Å². The summed E-state index contributed by atoms with van der Waals surface area (Å²) in [5, 5.41) is 0. The Labute approximate surface area is 320 Å². The van der Waals surface area contributed by atoms with Crippen LogP contribution in [-0.4, -0.2) is 19.9 Å². The van der Waals surface area contributed by atoms with E-state index in [1.165, 1.54) is 33.4 Å². The van der Waals surface area contributed by atoms with Crippen LogP contribution >= 0.6 is 0 Å². The van der Waals surface area contributed by atoms with Gasteiger partial charge in [-0.15, -0.1) is 0 Å². The van der Waals surface area contributed by atoms with Gasteiger partial charge in [0.05, 0.1) is 5.41 Å². The van der Waals surface area contributed by atoms with Crippen LogP contribution in [0.4, 0.5) is 0 Å². The van der Waals surface area contributed by atoms with Crippen molar-refractivity contribution in [3.05, 3.63) is 229 Å². The molecule has 1 aliphatic rings. The first-order valence-electron chi connectivity index (χ1n) is 18.5. The Morgan fingerprint density at radius 1 is 0.309 bits per heavy atom. The second-order valence-corrected chi connectivity index (χ2v) is 13.9. The Kier molecular flexibility index (Phi) is 8.00. The predicted octanol–water partition coefficient (Wildman–Crippen LogP) is 12.0. The van der Waals surface area contributed by atoms with E-state index in [1.807, 2.05) is 79.1 Å². The highest BCUT2D eigenvalue weighted by Gasteiger charge is 2.46. The van der Waals surface area contributed by atoms with Crippen molar-refractivity contribution < 1.29 is 0 Å². The zero-order valence-corrected chi connectivity index (χ0v) is 29.9. The van der Waals surface area contributed by atoms with Gasteiger partial charge in [-0.1, -0.05) is 164 Å². The summed E-state index contributed by atoms with van der Waals surface area (Å²) >= 11 is 0. The smallest absolute Gasteiger partial charge is 0.164 e. The maximum atomic E-state index is 5.12. The first kappa shape index (κ1) is 32.4. The molecule has 0 N–H and O–H groups in total. The van der Waals surface area contributed by atoms with Gasteiger partial charge in [-0.2, -0.15) is 0 Å². The number of hydrogen-bond donors (Lipinski definition) is 0. The Morgan fingerprint density at radius 2 is 0.782 bits per heavy atom. The van der Waals surface area contributed by atoms with Crippen LogP contribution in [0.25, 0.3) is 67.5 Å². The molecule has 2 heterocycles. The number of fused-ring (bicyclic) bond motifs is 3. The molecule has 4 nitrogen and oxygen atoms in total. The molecule has 0 amide bonds. The number of aromatic nitrogens is 4. The van der Waals surface area contributed by atoms with Crippen LogP contribution in [0, 0.1) is 0 Å². The average Bonchev–Trinajstić information content (AvgIpc) is 3.58. The van der Waals surface area contributed by atoms with Crippen LogP contribution in [0.15, 0.2) is 207 Å². The third kappa shape index (κ3) is 5.63. The maximum absolute atomic E-state index is 5.12. The molecule has 0 fully saturated rings. The van der Waals surface area contributed by atoms with Gasteiger partial charge in [0.1, 0.15) is 0 Å². The molecule has 55 heavy (non-hydrogen) atoms. The monoisotopic (exact) mass is 702 g/mol. The van der Waals surface area contributed by atoms with Gasteiger partial charge in [0, 0.05) is 34.6 Å². The average molecular weight is 703 g/mol. The van der Waals surface area contributed by atoms with E-state index in [0.717, 1.165) is 38.9 Å². The molecule has 0 spiro atoms. The summed E-state index contributed by atoms with van der Waals surface area (Å²) in [4.78, 5) is 19.7. The highest BCUT2D eigenvalue weighted by molar-refractivity contribution is 5.89. The molecule has 2 aromatic heterocycles. The molecular formula is C51H34N4. The maximum Gasteiger partial charge on any atom is 0.164 e. The Hall–Kier alpha value is -7.30. The van der Waals surface area contributed by atoms with Crippen LogP contribution in [0.1, 0.15) is 22.3 Å². The highest BCUT2D eigenvalue weighted by atomic mass is 15.0. The number of benzene rings is 7. The Bertz CT molecular complexity index is 2690. The van der Waals surface area contributed by atoms with E-state index in [1.54, 1.807) is 0 Å². The SMILES string of the molecule is c1ccc(-c2nc(-c3ccccc3)nc(-c3cc(-c4cccnc4)cc(-c4ccc5c(c4)C(c4ccccc4)(c4ccccc4)c4ccccc4-5)c3)n2)cc1. The van der Waals surface area contributed by atoms with Crippen molar-refractivity contribution in [2.24, 2.45) is 0 Å². The molecule has 0 saturated heterocycles. The van der Waals surface area contributed by atoms with Gasteiger partial charge in [0.15, 0.2) is 17.5 Å². The van der Waals surface area contributed by atoms with Crippen molar-refractivity contribution in [3.63, 3.8) is 0 Å². The van der Waals surface area contributed by atoms with E-state index in [-0.39, 0.29) is 0 Å². The summed E-state index contributed by atoms with van der Waals surface area (Å²) < 4.78 is 0. The van der Waals surface area contributed by atoms with E-state index < -0.39 is 5.41 Å². The molecule has 9 aromatic rings. The van der Waals surface area contributed by atoms with E-state index in [0.29, 0.717) is 17.5 Å². The standard InChI is InChI=1S/C51H34N4/c1-5-16-35(17-6-1)48-53-49(36-18-7-2-8-19-36)55-50(54-48)41-31-39(30-40(32-41)38-20-15-29-52-34-38)37-27-28-45-44-25-13-14-26-46(44)51(47(45)33-37,42-21-9-3-10-22-42)43-23-11-4-12-24-43/h1-34H. The third-order valence-corrected chi connectivity index (χ3v) is 10.7. The van der Waals surface area contributed by atoms with E-state index in [4.69, 9.17) is 15.0 Å². The molecule has 258 valence electrons. The van der Waals surface area contributed by atoms with Crippen molar-refractivity contribution in [3.8, 4) is 67.5 Å². The second-order valence-electron chi connectivity index (χ2n) is 13.9. The molecule has 0 radical (unpaired) electrons. The predicted molar refractivity (Wildman–Crippen MR) is 222 cm³/mol. The third-order valence-electron chi connectivity index (χ3n) is 10.7. The van der Waals surface area contributed by atoms with Gasteiger partial charge in [-0.3, -0.25) is 4.98 Å². The fourth-order valence-corrected chi connectivity index (χ4v) is 8.19. The van der Waals surface area contributed by atoms with Gasteiger partial charge >= 0.3 is 0 Å². The van der Waals surface area contributed by atoms with Gasteiger partial charge in [-0.05, 0) is 80.4 Å². The first-order chi connectivity index (χ1) is 27.3. The second kappa shape index (κ2) is 13.6. The molecule has 0 saturated carbocycles. The minimum atomic E-state index is -0.502. The minimum absolute atomic E-state index is 0.502. The van der Waals surface area contributed by atoms with E-state index in [2.05, 4.69) is 132 Å². The molecule has 1 aliphatic carbocycles. The van der Waals surface area contributed by atoms with Gasteiger partial charge in [0.2, 0.25) is 0 Å². The topological polar surface area (TPSA) is 51.6 Å². The molecule has 10 rings (SSSR count). The molecule has 0 unspecified atom stereocenters. The van der Waals surface area contributed by atoms with Crippen LogP contribution in [-0.2, 0) is 5.41 Å². The van der Waals surface area contributed by atoms with Crippen LogP contribution in [0.3, 0.4) is 0 Å². The largest absolute Gasteiger partial charge is 0.264 e. The molecule has 0 bridgehead atoms. The van der Waals surface area contributed by atoms with Crippen molar-refractivity contribution in [1.82, 2.24) is 19.9 Å². The summed E-state index contributed by atoms with van der Waals surface area (Å²) in [5.41, 5.74) is 14.0. The molecule has 0 aliphatic heterocycles. The highest BCUT2D eigenvalue weighted by Crippen LogP contribution is 2.56. The summed E-state index contributed by atoms with van der Waals surface area (Å²) in [6.07, 6.45) is 3.72. The summed E-state index contributed by atoms with van der Waals surface area (Å²) in [5.74, 6) is 1.86. The van der Waals surface area contributed by atoms with Gasteiger partial charge in [-0.25, -0.2) is 15.0 Å². The summed E-state index contributed by atoms with van der Waals surface area (Å²) in [7, 11) is 0.